The van der Waals surface area contributed by atoms with E-state index in [2.05, 4.69) is 0 Å². The zero-order valence-corrected chi connectivity index (χ0v) is 8.53. The molecule has 1 rings (SSSR count). The minimum Gasteiger partial charge on any atom is -0.388 e. The number of carbonyl (C=O) groups excluding carboxylic acids is 1. The van der Waals surface area contributed by atoms with Crippen molar-refractivity contribution in [3.8, 4) is 0 Å². The van der Waals surface area contributed by atoms with Crippen LogP contribution >= 0.6 is 0 Å². The number of hydrogen-bond acceptors (Lipinski definition) is 4. The number of hydrogen-bond donors (Lipinski definition) is 1. The van der Waals surface area contributed by atoms with Crippen molar-refractivity contribution >= 4 is 5.94 Å². The van der Waals surface area contributed by atoms with E-state index < -0.39 is 12.2 Å². The van der Waals surface area contributed by atoms with Crippen molar-refractivity contribution in [3.63, 3.8) is 0 Å². The molecule has 1 fully saturated rings. The second-order valence-corrected chi connectivity index (χ2v) is 3.18. The topological polar surface area (TPSA) is 55.8 Å². The van der Waals surface area contributed by atoms with E-state index in [9.17, 15) is 9.90 Å². The minimum atomic E-state index is -0.763. The van der Waals surface area contributed by atoms with Crippen molar-refractivity contribution in [1.82, 2.24) is 0 Å². The quantitative estimate of drug-likeness (QED) is 0.664. The lowest BCUT2D eigenvalue weighted by Gasteiger charge is -2.18. The summed E-state index contributed by atoms with van der Waals surface area (Å²) in [4.78, 5) is 10.6. The molecule has 0 radical (unpaired) electrons. The molecular weight excluding hydrogens is 184 g/mol. The molecule has 0 aromatic heterocycles. The molecule has 1 saturated carbocycles. The predicted octanol–water partition coefficient (Wildman–Crippen LogP) is 0.319. The van der Waals surface area contributed by atoms with Crippen molar-refractivity contribution in [3.05, 3.63) is 5.57 Å². The van der Waals surface area contributed by atoms with Gasteiger partial charge in [0, 0.05) is 19.6 Å². The molecule has 1 N–H and O–H groups in total. The summed E-state index contributed by atoms with van der Waals surface area (Å²) in [6, 6.07) is 0. The van der Waals surface area contributed by atoms with Crippen LogP contribution in [0.2, 0.25) is 0 Å². The van der Waals surface area contributed by atoms with Gasteiger partial charge in [0.15, 0.2) is 0 Å². The molecule has 1 aliphatic rings. The van der Waals surface area contributed by atoms with Crippen LogP contribution in [0.4, 0.5) is 0 Å². The molecule has 0 heterocycles. The van der Waals surface area contributed by atoms with E-state index in [1.165, 1.54) is 0 Å². The highest BCUT2D eigenvalue weighted by molar-refractivity contribution is 5.57. The highest BCUT2D eigenvalue weighted by atomic mass is 16.5. The normalized spacial score (nSPS) is 31.9. The first-order valence-electron chi connectivity index (χ1n) is 4.90. The molecule has 1 aliphatic carbocycles. The van der Waals surface area contributed by atoms with E-state index in [-0.39, 0.29) is 11.7 Å². The molecule has 0 saturated heterocycles. The SMILES string of the molecule is CCOC1CC(O)C(=C=O)C1OCC. The molecule has 14 heavy (non-hydrogen) atoms. The summed E-state index contributed by atoms with van der Waals surface area (Å²) in [5, 5.41) is 9.52. The third-order valence-corrected chi connectivity index (χ3v) is 2.30. The summed E-state index contributed by atoms with van der Waals surface area (Å²) in [5.41, 5.74) is 0.283. The van der Waals surface area contributed by atoms with Gasteiger partial charge in [0.25, 0.3) is 0 Å². The number of aliphatic hydroxyl groups is 1. The van der Waals surface area contributed by atoms with Crippen molar-refractivity contribution in [2.24, 2.45) is 0 Å². The van der Waals surface area contributed by atoms with E-state index in [0.717, 1.165) is 0 Å². The molecule has 4 heteroatoms. The Balaban J connectivity index is 2.74. The molecule has 3 unspecified atom stereocenters. The molecule has 0 amide bonds. The lowest BCUT2D eigenvalue weighted by molar-refractivity contribution is -0.0372. The van der Waals surface area contributed by atoms with Crippen molar-refractivity contribution < 1.29 is 19.4 Å². The fourth-order valence-electron chi connectivity index (χ4n) is 1.73. The average Bonchev–Trinajstić information content (AvgIpc) is 2.44. The van der Waals surface area contributed by atoms with Gasteiger partial charge in [0.1, 0.15) is 12.0 Å². The Morgan fingerprint density at radius 3 is 2.57 bits per heavy atom. The number of ether oxygens (including phenoxy) is 2. The van der Waals surface area contributed by atoms with Crippen LogP contribution in [0.25, 0.3) is 0 Å². The Morgan fingerprint density at radius 1 is 1.43 bits per heavy atom. The molecule has 80 valence electrons. The first-order valence-corrected chi connectivity index (χ1v) is 4.90. The van der Waals surface area contributed by atoms with Crippen LogP contribution in [0.3, 0.4) is 0 Å². The van der Waals surface area contributed by atoms with Crippen LogP contribution in [0.15, 0.2) is 5.57 Å². The highest BCUT2D eigenvalue weighted by Crippen LogP contribution is 2.29. The standard InChI is InChI=1S/C10H16O4/c1-3-13-9-5-8(12)7(6-11)10(9)14-4-2/h8-10,12H,3-5H2,1-2H3. The van der Waals surface area contributed by atoms with Crippen molar-refractivity contribution in [1.29, 1.82) is 0 Å². The van der Waals surface area contributed by atoms with Gasteiger partial charge in [-0.05, 0) is 13.8 Å². The van der Waals surface area contributed by atoms with Crippen LogP contribution < -0.4 is 0 Å². The van der Waals surface area contributed by atoms with E-state index in [4.69, 9.17) is 9.47 Å². The fraction of sp³-hybridized carbons (Fsp3) is 0.800. The summed E-state index contributed by atoms with van der Waals surface area (Å²) in [6.45, 7) is 4.76. The zero-order valence-electron chi connectivity index (χ0n) is 8.53. The van der Waals surface area contributed by atoms with Gasteiger partial charge in [-0.25, -0.2) is 4.79 Å². The fourth-order valence-corrected chi connectivity index (χ4v) is 1.73. The third-order valence-electron chi connectivity index (χ3n) is 2.30. The maximum absolute atomic E-state index is 10.6. The van der Waals surface area contributed by atoms with E-state index in [1.807, 2.05) is 13.8 Å². The van der Waals surface area contributed by atoms with Crippen LogP contribution in [0.1, 0.15) is 20.3 Å². The molecule has 0 bridgehead atoms. The average molecular weight is 200 g/mol. The molecule has 3 atom stereocenters. The third kappa shape index (κ3) is 2.22. The van der Waals surface area contributed by atoms with Crippen LogP contribution in [-0.4, -0.2) is 42.6 Å². The Bertz CT molecular complexity index is 232. The molecular formula is C10H16O4. The summed E-state index contributed by atoms with van der Waals surface area (Å²) in [6.07, 6.45) is -0.984. The summed E-state index contributed by atoms with van der Waals surface area (Å²) < 4.78 is 10.7. The van der Waals surface area contributed by atoms with Gasteiger partial charge in [-0.1, -0.05) is 0 Å². The second kappa shape index (κ2) is 5.27. The number of rotatable bonds is 4. The Morgan fingerprint density at radius 2 is 2.07 bits per heavy atom. The lowest BCUT2D eigenvalue weighted by Crippen LogP contribution is -2.27. The van der Waals surface area contributed by atoms with Gasteiger partial charge < -0.3 is 14.6 Å². The van der Waals surface area contributed by atoms with Crippen molar-refractivity contribution in [2.75, 3.05) is 13.2 Å². The maximum Gasteiger partial charge on any atom is 0.129 e. The number of aliphatic hydroxyl groups excluding tert-OH is 1. The smallest absolute Gasteiger partial charge is 0.129 e. The highest BCUT2D eigenvalue weighted by Gasteiger charge is 2.40. The van der Waals surface area contributed by atoms with Gasteiger partial charge in [0.2, 0.25) is 0 Å². The van der Waals surface area contributed by atoms with E-state index >= 15 is 0 Å². The van der Waals surface area contributed by atoms with Crippen LogP contribution in [0.5, 0.6) is 0 Å². The van der Waals surface area contributed by atoms with E-state index in [1.54, 1.807) is 5.94 Å². The zero-order chi connectivity index (χ0) is 10.6. The second-order valence-electron chi connectivity index (χ2n) is 3.18. The Hall–Kier alpha value is -0.670. The van der Waals surface area contributed by atoms with Crippen molar-refractivity contribution in [2.45, 2.75) is 38.6 Å². The predicted molar refractivity (Wildman–Crippen MR) is 50.7 cm³/mol. The van der Waals surface area contributed by atoms with Gasteiger partial charge in [-0.2, -0.15) is 0 Å². The molecule has 0 aromatic rings. The molecule has 4 nitrogen and oxygen atoms in total. The lowest BCUT2D eigenvalue weighted by atomic mass is 10.2. The molecule has 0 aromatic carbocycles. The van der Waals surface area contributed by atoms with Crippen LogP contribution in [-0.2, 0) is 14.3 Å². The van der Waals surface area contributed by atoms with Crippen LogP contribution in [0, 0.1) is 0 Å². The van der Waals surface area contributed by atoms with Gasteiger partial charge >= 0.3 is 0 Å². The maximum atomic E-state index is 10.6. The Kier molecular flexibility index (Phi) is 4.29. The first-order chi connectivity index (χ1) is 6.74. The summed E-state index contributed by atoms with van der Waals surface area (Å²) in [5.74, 6) is 1.75. The van der Waals surface area contributed by atoms with E-state index in [0.29, 0.717) is 19.6 Å². The summed E-state index contributed by atoms with van der Waals surface area (Å²) in [7, 11) is 0. The Labute approximate surface area is 83.5 Å². The van der Waals surface area contributed by atoms with Gasteiger partial charge in [-0.15, -0.1) is 0 Å². The van der Waals surface area contributed by atoms with Gasteiger partial charge in [0.05, 0.1) is 17.8 Å². The minimum absolute atomic E-state index is 0.216. The molecule has 0 aliphatic heterocycles. The monoisotopic (exact) mass is 200 g/mol. The summed E-state index contributed by atoms with van der Waals surface area (Å²) >= 11 is 0. The molecule has 0 spiro atoms. The largest absolute Gasteiger partial charge is 0.388 e. The van der Waals surface area contributed by atoms with Gasteiger partial charge in [-0.3, -0.25) is 0 Å². The first kappa shape index (κ1) is 11.4.